The number of aromatic nitrogens is 3. The van der Waals surface area contributed by atoms with Crippen LogP contribution in [0.15, 0.2) is 24.3 Å². The molecule has 1 unspecified atom stereocenters. The van der Waals surface area contributed by atoms with E-state index in [1.807, 2.05) is 28.9 Å². The Kier molecular flexibility index (Phi) is 5.23. The van der Waals surface area contributed by atoms with Crippen molar-refractivity contribution in [2.45, 2.75) is 45.3 Å². The van der Waals surface area contributed by atoms with Crippen molar-refractivity contribution < 1.29 is 9.84 Å². The minimum Gasteiger partial charge on any atom is -0.389 e. The third-order valence-corrected chi connectivity index (χ3v) is 4.37. The van der Waals surface area contributed by atoms with Crippen LogP contribution in [0.2, 0.25) is 5.02 Å². The Hall–Kier alpha value is -1.43. The van der Waals surface area contributed by atoms with Crippen molar-refractivity contribution in [2.24, 2.45) is 5.92 Å². The number of halogens is 1. The van der Waals surface area contributed by atoms with Gasteiger partial charge in [0.2, 0.25) is 0 Å². The van der Waals surface area contributed by atoms with Crippen LogP contribution in [0.4, 0.5) is 0 Å². The van der Waals surface area contributed by atoms with E-state index >= 15 is 0 Å². The predicted octanol–water partition coefficient (Wildman–Crippen LogP) is 3.34. The molecule has 0 spiro atoms. The van der Waals surface area contributed by atoms with Gasteiger partial charge in [0.1, 0.15) is 5.82 Å². The first-order valence-corrected chi connectivity index (χ1v) is 8.78. The molecule has 1 atom stereocenters. The number of ether oxygens (including phenoxy) is 1. The summed E-state index contributed by atoms with van der Waals surface area (Å²) < 4.78 is 7.41. The molecule has 6 heteroatoms. The first-order chi connectivity index (χ1) is 11.4. The van der Waals surface area contributed by atoms with Crippen LogP contribution < -0.4 is 0 Å². The number of hydrogen-bond donors (Lipinski definition) is 1. The smallest absolute Gasteiger partial charge is 0.181 e. The average Bonchev–Trinajstić information content (AvgIpc) is 2.90. The number of hydrogen-bond acceptors (Lipinski definition) is 4. The molecule has 1 saturated heterocycles. The molecule has 130 valence electrons. The van der Waals surface area contributed by atoms with Gasteiger partial charge in [-0.2, -0.15) is 5.10 Å². The second-order valence-corrected chi connectivity index (χ2v) is 7.55. The van der Waals surface area contributed by atoms with Crippen LogP contribution >= 0.6 is 11.6 Å². The molecule has 0 amide bonds. The van der Waals surface area contributed by atoms with Crippen LogP contribution in [0.1, 0.15) is 32.5 Å². The molecular formula is C18H24ClN3O2. The number of aliphatic hydroxyl groups is 1. The van der Waals surface area contributed by atoms with Gasteiger partial charge in [0.25, 0.3) is 0 Å². The zero-order valence-corrected chi connectivity index (χ0v) is 15.0. The normalized spacial score (nSPS) is 18.8. The molecule has 1 aliphatic rings. The molecule has 5 nitrogen and oxygen atoms in total. The molecule has 2 heterocycles. The second-order valence-electron chi connectivity index (χ2n) is 7.12. The van der Waals surface area contributed by atoms with Gasteiger partial charge in [0.15, 0.2) is 5.82 Å². The van der Waals surface area contributed by atoms with Gasteiger partial charge in [0.05, 0.1) is 12.1 Å². The fourth-order valence-corrected chi connectivity index (χ4v) is 3.09. The van der Waals surface area contributed by atoms with Gasteiger partial charge in [-0.15, -0.1) is 0 Å². The number of rotatable bonds is 5. The first-order valence-electron chi connectivity index (χ1n) is 8.40. The molecule has 3 rings (SSSR count). The molecule has 1 aliphatic heterocycles. The van der Waals surface area contributed by atoms with Gasteiger partial charge in [-0.3, -0.25) is 0 Å². The molecule has 1 N–H and O–H groups in total. The quantitative estimate of drug-likeness (QED) is 0.899. The molecule has 1 fully saturated rings. The third-order valence-electron chi connectivity index (χ3n) is 4.11. The van der Waals surface area contributed by atoms with Crippen LogP contribution in [0.25, 0.3) is 11.4 Å². The highest BCUT2D eigenvalue weighted by Gasteiger charge is 2.23. The van der Waals surface area contributed by atoms with Crippen LogP contribution in [-0.2, 0) is 17.7 Å². The second kappa shape index (κ2) is 7.21. The molecule has 1 aromatic carbocycles. The van der Waals surface area contributed by atoms with Gasteiger partial charge in [-0.25, -0.2) is 9.67 Å². The highest BCUT2D eigenvalue weighted by molar-refractivity contribution is 6.30. The van der Waals surface area contributed by atoms with Crippen molar-refractivity contribution in [3.05, 3.63) is 35.1 Å². The Morgan fingerprint density at radius 1 is 1.33 bits per heavy atom. The summed E-state index contributed by atoms with van der Waals surface area (Å²) in [5.41, 5.74) is 0.0815. The minimum absolute atomic E-state index is 0.413. The molecule has 2 aromatic rings. The monoisotopic (exact) mass is 349 g/mol. The molecular weight excluding hydrogens is 326 g/mol. The molecule has 1 aromatic heterocycles. The number of nitrogens with zero attached hydrogens (tertiary/aromatic N) is 3. The van der Waals surface area contributed by atoms with E-state index in [1.54, 1.807) is 13.8 Å². The Labute approximate surface area is 147 Å². The van der Waals surface area contributed by atoms with Crippen LogP contribution in [0.5, 0.6) is 0 Å². The van der Waals surface area contributed by atoms with Crippen molar-refractivity contribution in [2.75, 3.05) is 13.2 Å². The summed E-state index contributed by atoms with van der Waals surface area (Å²) in [7, 11) is 0. The summed E-state index contributed by atoms with van der Waals surface area (Å²) in [6.45, 7) is 5.60. The molecule has 0 bridgehead atoms. The highest BCUT2D eigenvalue weighted by atomic mass is 35.5. The van der Waals surface area contributed by atoms with E-state index in [9.17, 15) is 5.11 Å². The summed E-state index contributed by atoms with van der Waals surface area (Å²) in [6.07, 6.45) is 3.05. The Morgan fingerprint density at radius 3 is 2.71 bits per heavy atom. The number of benzene rings is 1. The summed E-state index contributed by atoms with van der Waals surface area (Å²) in [5.74, 6) is 2.03. The predicted molar refractivity (Wildman–Crippen MR) is 94.0 cm³/mol. The highest BCUT2D eigenvalue weighted by Crippen LogP contribution is 2.23. The van der Waals surface area contributed by atoms with E-state index in [0.717, 1.165) is 43.9 Å². The lowest BCUT2D eigenvalue weighted by Crippen LogP contribution is -2.29. The fraction of sp³-hybridized carbons (Fsp3) is 0.556. The maximum absolute atomic E-state index is 10.2. The van der Waals surface area contributed by atoms with Gasteiger partial charge in [0, 0.05) is 30.2 Å². The molecule has 0 radical (unpaired) electrons. The van der Waals surface area contributed by atoms with Gasteiger partial charge in [-0.05, 0) is 56.9 Å². The van der Waals surface area contributed by atoms with E-state index in [0.29, 0.717) is 23.3 Å². The lowest BCUT2D eigenvalue weighted by atomic mass is 9.98. The van der Waals surface area contributed by atoms with Gasteiger partial charge in [-0.1, -0.05) is 11.6 Å². The zero-order chi connectivity index (χ0) is 17.2. The topological polar surface area (TPSA) is 60.2 Å². The van der Waals surface area contributed by atoms with Crippen molar-refractivity contribution >= 4 is 11.6 Å². The lowest BCUT2D eigenvalue weighted by Gasteiger charge is -2.23. The summed E-state index contributed by atoms with van der Waals surface area (Å²) >= 11 is 5.96. The van der Waals surface area contributed by atoms with Crippen LogP contribution in [0, 0.1) is 5.92 Å². The SMILES string of the molecule is CC(C)(O)Cn1nc(-c2ccc(Cl)cc2)nc1CC1CCCOC1. The summed E-state index contributed by atoms with van der Waals surface area (Å²) in [4.78, 5) is 4.73. The van der Waals surface area contributed by atoms with E-state index in [4.69, 9.17) is 21.3 Å². The van der Waals surface area contributed by atoms with E-state index in [2.05, 4.69) is 5.10 Å². The Bertz CT molecular complexity index is 671. The maximum Gasteiger partial charge on any atom is 0.181 e. The van der Waals surface area contributed by atoms with Gasteiger partial charge >= 0.3 is 0 Å². The van der Waals surface area contributed by atoms with Crippen LogP contribution in [-0.4, -0.2) is 38.7 Å². The van der Waals surface area contributed by atoms with Crippen molar-refractivity contribution in [3.8, 4) is 11.4 Å². The zero-order valence-electron chi connectivity index (χ0n) is 14.2. The van der Waals surface area contributed by atoms with Crippen molar-refractivity contribution in [1.82, 2.24) is 14.8 Å². The molecule has 0 saturated carbocycles. The van der Waals surface area contributed by atoms with E-state index in [-0.39, 0.29) is 0 Å². The Morgan fingerprint density at radius 2 is 2.08 bits per heavy atom. The largest absolute Gasteiger partial charge is 0.389 e. The van der Waals surface area contributed by atoms with Crippen LogP contribution in [0.3, 0.4) is 0 Å². The third kappa shape index (κ3) is 4.56. The Balaban J connectivity index is 1.87. The fourth-order valence-electron chi connectivity index (χ4n) is 2.97. The van der Waals surface area contributed by atoms with Crippen molar-refractivity contribution in [1.29, 1.82) is 0 Å². The first kappa shape index (κ1) is 17.4. The molecule has 24 heavy (non-hydrogen) atoms. The van der Waals surface area contributed by atoms with E-state index in [1.165, 1.54) is 0 Å². The maximum atomic E-state index is 10.2. The molecule has 0 aliphatic carbocycles. The standard InChI is InChI=1S/C18H24ClN3O2/c1-18(2,23)12-22-16(10-13-4-3-9-24-11-13)20-17(21-22)14-5-7-15(19)8-6-14/h5-8,13,23H,3-4,9-12H2,1-2H3. The summed E-state index contributed by atoms with van der Waals surface area (Å²) in [6, 6.07) is 7.50. The average molecular weight is 350 g/mol. The lowest BCUT2D eigenvalue weighted by molar-refractivity contribution is 0.0483. The summed E-state index contributed by atoms with van der Waals surface area (Å²) in [5, 5.41) is 15.5. The van der Waals surface area contributed by atoms with Crippen molar-refractivity contribution in [3.63, 3.8) is 0 Å². The van der Waals surface area contributed by atoms with Gasteiger partial charge < -0.3 is 9.84 Å². The van der Waals surface area contributed by atoms with E-state index < -0.39 is 5.60 Å². The minimum atomic E-state index is -0.844.